The van der Waals surface area contributed by atoms with E-state index in [1.807, 2.05) is 50.7 Å². The van der Waals surface area contributed by atoms with Crippen molar-refractivity contribution in [3.05, 3.63) is 30.3 Å². The summed E-state index contributed by atoms with van der Waals surface area (Å²) in [6.45, 7) is 5.90. The topological polar surface area (TPSA) is 58.2 Å². The zero-order valence-electron chi connectivity index (χ0n) is 12.5. The maximum atomic E-state index is 11.9. The summed E-state index contributed by atoms with van der Waals surface area (Å²) in [5.74, 6) is 0.00429. The third-order valence-electron chi connectivity index (χ3n) is 3.08. The molecule has 20 heavy (non-hydrogen) atoms. The smallest absolute Gasteiger partial charge is 0.293 e. The van der Waals surface area contributed by atoms with E-state index in [0.29, 0.717) is 12.8 Å². The first-order chi connectivity index (χ1) is 9.51. The van der Waals surface area contributed by atoms with Crippen LogP contribution in [0.4, 0.5) is 0 Å². The second-order valence-electron chi connectivity index (χ2n) is 5.09. The molecule has 0 unspecified atom stereocenters. The predicted octanol–water partition coefficient (Wildman–Crippen LogP) is 1.80. The van der Waals surface area contributed by atoms with Crippen LogP contribution in [0.15, 0.2) is 30.3 Å². The van der Waals surface area contributed by atoms with Gasteiger partial charge >= 0.3 is 0 Å². The lowest BCUT2D eigenvalue weighted by Crippen LogP contribution is -2.71. The first-order valence-corrected chi connectivity index (χ1v) is 9.69. The molecule has 0 fully saturated rings. The van der Waals surface area contributed by atoms with Crippen molar-refractivity contribution in [2.75, 3.05) is 0 Å². The standard InChI is InChI=1S/C15H24N2O2Si/c1-4-9-14(18)16-20(3,17-15(19)10-5-2)13-11-7-6-8-12-13/h6-8,11-12H,4-5,9-10H2,1-3H3,(H,16,18)(H,17,19). The fourth-order valence-corrected chi connectivity index (χ4v) is 4.66. The van der Waals surface area contributed by atoms with E-state index in [2.05, 4.69) is 9.96 Å². The Hall–Kier alpha value is -1.62. The molecule has 0 aliphatic rings. The average molecular weight is 292 g/mol. The molecule has 1 rings (SSSR count). The van der Waals surface area contributed by atoms with Crippen LogP contribution in [0.1, 0.15) is 39.5 Å². The lowest BCUT2D eigenvalue weighted by Gasteiger charge is -2.29. The molecule has 2 amide bonds. The molecule has 0 heterocycles. The highest BCUT2D eigenvalue weighted by Gasteiger charge is 2.34. The summed E-state index contributed by atoms with van der Waals surface area (Å²) in [7, 11) is -2.53. The summed E-state index contributed by atoms with van der Waals surface area (Å²) >= 11 is 0. The second kappa shape index (κ2) is 7.84. The number of carbonyl (C=O) groups is 2. The van der Waals surface area contributed by atoms with E-state index < -0.39 is 8.40 Å². The Morgan fingerprint density at radius 2 is 1.40 bits per heavy atom. The third-order valence-corrected chi connectivity index (χ3v) is 6.13. The van der Waals surface area contributed by atoms with Crippen LogP contribution in [-0.4, -0.2) is 20.2 Å². The average Bonchev–Trinajstić information content (AvgIpc) is 2.40. The molecule has 5 heteroatoms. The number of hydrogen-bond acceptors (Lipinski definition) is 2. The molecular weight excluding hydrogens is 268 g/mol. The van der Waals surface area contributed by atoms with Gasteiger partial charge in [-0.3, -0.25) is 9.59 Å². The van der Waals surface area contributed by atoms with Crippen molar-refractivity contribution in [2.45, 2.75) is 46.1 Å². The Morgan fingerprint density at radius 3 is 1.80 bits per heavy atom. The van der Waals surface area contributed by atoms with Crippen LogP contribution in [0, 0.1) is 0 Å². The molecule has 2 N–H and O–H groups in total. The molecule has 0 aliphatic heterocycles. The van der Waals surface area contributed by atoms with Crippen LogP contribution >= 0.6 is 0 Å². The van der Waals surface area contributed by atoms with E-state index in [-0.39, 0.29) is 11.8 Å². The molecule has 0 spiro atoms. The van der Waals surface area contributed by atoms with Crippen LogP contribution in [0.3, 0.4) is 0 Å². The zero-order chi connectivity index (χ0) is 15.0. The highest BCUT2D eigenvalue weighted by molar-refractivity contribution is 6.89. The lowest BCUT2D eigenvalue weighted by atomic mass is 10.3. The summed E-state index contributed by atoms with van der Waals surface area (Å²) in [5, 5.41) is 1.01. The van der Waals surface area contributed by atoms with Gasteiger partial charge in [0.1, 0.15) is 0 Å². The van der Waals surface area contributed by atoms with Crippen molar-refractivity contribution >= 4 is 25.4 Å². The van der Waals surface area contributed by atoms with Crippen molar-refractivity contribution in [2.24, 2.45) is 0 Å². The van der Waals surface area contributed by atoms with Gasteiger partial charge in [0.05, 0.1) is 0 Å². The summed E-state index contributed by atoms with van der Waals surface area (Å²) in [6, 6.07) is 9.71. The number of carbonyl (C=O) groups excluding carboxylic acids is 2. The van der Waals surface area contributed by atoms with Gasteiger partial charge < -0.3 is 9.96 Å². The number of amides is 2. The number of benzene rings is 1. The van der Waals surface area contributed by atoms with Crippen LogP contribution in [0.25, 0.3) is 0 Å². The molecule has 0 atom stereocenters. The van der Waals surface area contributed by atoms with E-state index in [4.69, 9.17) is 0 Å². The fraction of sp³-hybridized carbons (Fsp3) is 0.467. The van der Waals surface area contributed by atoms with Gasteiger partial charge in [-0.2, -0.15) is 0 Å². The van der Waals surface area contributed by atoms with Crippen molar-refractivity contribution < 1.29 is 9.59 Å². The van der Waals surface area contributed by atoms with Gasteiger partial charge in [0, 0.05) is 12.8 Å². The Labute approximate surface area is 122 Å². The molecule has 0 aliphatic carbocycles. The van der Waals surface area contributed by atoms with E-state index in [9.17, 15) is 9.59 Å². The monoisotopic (exact) mass is 292 g/mol. The normalized spacial score (nSPS) is 10.9. The van der Waals surface area contributed by atoms with Gasteiger partial charge in [-0.25, -0.2) is 0 Å². The minimum Gasteiger partial charge on any atom is -0.361 e. The van der Waals surface area contributed by atoms with Crippen LogP contribution < -0.4 is 15.2 Å². The molecular formula is C15H24N2O2Si. The number of rotatable bonds is 7. The van der Waals surface area contributed by atoms with Crippen molar-refractivity contribution in [1.29, 1.82) is 0 Å². The zero-order valence-corrected chi connectivity index (χ0v) is 13.5. The van der Waals surface area contributed by atoms with Gasteiger partial charge in [0.2, 0.25) is 11.8 Å². The van der Waals surface area contributed by atoms with E-state index in [1.165, 1.54) is 0 Å². The lowest BCUT2D eigenvalue weighted by molar-refractivity contribution is -0.119. The molecule has 0 aromatic heterocycles. The van der Waals surface area contributed by atoms with Crippen LogP contribution in [0.2, 0.25) is 6.55 Å². The Bertz CT molecular complexity index is 428. The maximum Gasteiger partial charge on any atom is 0.293 e. The molecule has 4 nitrogen and oxygen atoms in total. The van der Waals surface area contributed by atoms with Gasteiger partial charge in [0.15, 0.2) is 0 Å². The molecule has 1 aromatic carbocycles. The van der Waals surface area contributed by atoms with Gasteiger partial charge in [-0.15, -0.1) is 0 Å². The first-order valence-electron chi connectivity index (χ1n) is 7.19. The van der Waals surface area contributed by atoms with Crippen LogP contribution in [-0.2, 0) is 9.59 Å². The molecule has 0 bridgehead atoms. The Balaban J connectivity index is 2.93. The number of hydrogen-bond donors (Lipinski definition) is 2. The molecule has 0 radical (unpaired) electrons. The highest BCUT2D eigenvalue weighted by Crippen LogP contribution is 2.00. The minimum absolute atomic E-state index is 0.00215. The minimum atomic E-state index is -2.53. The fourth-order valence-electron chi connectivity index (χ4n) is 2.08. The summed E-state index contributed by atoms with van der Waals surface area (Å²) in [6.07, 6.45) is 2.57. The maximum absolute atomic E-state index is 11.9. The van der Waals surface area contributed by atoms with Crippen molar-refractivity contribution in [3.8, 4) is 0 Å². The number of nitrogens with one attached hydrogen (secondary N) is 2. The molecule has 0 saturated carbocycles. The van der Waals surface area contributed by atoms with Gasteiger partial charge in [-0.1, -0.05) is 44.2 Å². The highest BCUT2D eigenvalue weighted by atomic mass is 28.3. The molecule has 0 saturated heterocycles. The summed E-state index contributed by atoms with van der Waals surface area (Å²) in [4.78, 5) is 30.0. The van der Waals surface area contributed by atoms with E-state index in [0.717, 1.165) is 18.0 Å². The summed E-state index contributed by atoms with van der Waals surface area (Å²) in [5.41, 5.74) is 0. The Kier molecular flexibility index (Phi) is 6.44. The SMILES string of the molecule is CCCC(=O)N[Si](C)(NC(=O)CCC)c1ccccc1. The molecule has 1 aromatic rings. The summed E-state index contributed by atoms with van der Waals surface area (Å²) < 4.78 is 0. The quantitative estimate of drug-likeness (QED) is 0.753. The van der Waals surface area contributed by atoms with E-state index in [1.54, 1.807) is 0 Å². The Morgan fingerprint density at radius 1 is 0.950 bits per heavy atom. The second-order valence-corrected chi connectivity index (χ2v) is 8.41. The first kappa shape index (κ1) is 16.4. The van der Waals surface area contributed by atoms with Gasteiger partial charge in [0.25, 0.3) is 8.40 Å². The predicted molar refractivity (Wildman–Crippen MR) is 83.8 cm³/mol. The van der Waals surface area contributed by atoms with Crippen molar-refractivity contribution in [1.82, 2.24) is 9.96 Å². The third kappa shape index (κ3) is 4.81. The van der Waals surface area contributed by atoms with Crippen molar-refractivity contribution in [3.63, 3.8) is 0 Å². The van der Waals surface area contributed by atoms with E-state index >= 15 is 0 Å². The van der Waals surface area contributed by atoms with Gasteiger partial charge in [-0.05, 0) is 24.6 Å². The largest absolute Gasteiger partial charge is 0.361 e. The molecule has 110 valence electrons. The van der Waals surface area contributed by atoms with Crippen LogP contribution in [0.5, 0.6) is 0 Å².